The van der Waals surface area contributed by atoms with Crippen LogP contribution in [-0.2, 0) is 16.2 Å². The number of halogens is 2. The van der Waals surface area contributed by atoms with E-state index in [0.717, 1.165) is 5.56 Å². The number of carbonyl (C=O) groups excluding carboxylic acids is 2. The van der Waals surface area contributed by atoms with Gasteiger partial charge in [0, 0.05) is 15.6 Å². The Morgan fingerprint density at radius 1 is 0.939 bits per heavy atom. The molecule has 1 saturated heterocycles. The van der Waals surface area contributed by atoms with Crippen molar-refractivity contribution >= 4 is 46.8 Å². The van der Waals surface area contributed by atoms with Crippen molar-refractivity contribution in [3.8, 4) is 11.5 Å². The Balaban J connectivity index is 1.56. The highest BCUT2D eigenvalue weighted by molar-refractivity contribution is 6.35. The second-order valence-electron chi connectivity index (χ2n) is 7.14. The number of rotatable bonds is 7. The van der Waals surface area contributed by atoms with Crippen molar-refractivity contribution in [3.05, 3.63) is 93.5 Å². The lowest BCUT2D eigenvalue weighted by Crippen LogP contribution is -2.35. The fourth-order valence-electron chi connectivity index (χ4n) is 3.28. The van der Waals surface area contributed by atoms with E-state index in [1.807, 2.05) is 13.0 Å². The Morgan fingerprint density at radius 3 is 2.45 bits per heavy atom. The van der Waals surface area contributed by atoms with Crippen molar-refractivity contribution in [2.75, 3.05) is 11.6 Å². The number of ether oxygens (including phenoxy) is 2. The summed E-state index contributed by atoms with van der Waals surface area (Å²) >= 11 is 12.2. The first-order chi connectivity index (χ1) is 16.0. The van der Waals surface area contributed by atoms with Gasteiger partial charge in [0.15, 0.2) is 11.5 Å². The van der Waals surface area contributed by atoms with Crippen molar-refractivity contribution in [2.45, 2.75) is 13.5 Å². The van der Waals surface area contributed by atoms with Crippen molar-refractivity contribution in [2.24, 2.45) is 0 Å². The van der Waals surface area contributed by atoms with Crippen LogP contribution in [0.5, 0.6) is 11.5 Å². The molecular weight excluding hydrogens is 463 g/mol. The van der Waals surface area contributed by atoms with Crippen LogP contribution in [0, 0.1) is 0 Å². The number of anilines is 1. The zero-order chi connectivity index (χ0) is 23.4. The fraction of sp³-hybridized carbons (Fsp3) is 0.120. The van der Waals surface area contributed by atoms with Gasteiger partial charge in [-0.25, -0.2) is 5.01 Å². The van der Waals surface area contributed by atoms with E-state index in [0.29, 0.717) is 39.4 Å². The predicted octanol–water partition coefficient (Wildman–Crippen LogP) is 5.43. The molecule has 1 N–H and O–H groups in total. The van der Waals surface area contributed by atoms with Crippen molar-refractivity contribution in [1.82, 2.24) is 5.43 Å². The van der Waals surface area contributed by atoms with Gasteiger partial charge in [-0.2, -0.15) is 0 Å². The molecule has 8 heteroatoms. The van der Waals surface area contributed by atoms with Gasteiger partial charge in [0.1, 0.15) is 12.2 Å². The molecule has 6 nitrogen and oxygen atoms in total. The first kappa shape index (κ1) is 22.7. The molecule has 0 bridgehead atoms. The van der Waals surface area contributed by atoms with Gasteiger partial charge in [0.05, 0.1) is 12.3 Å². The topological polar surface area (TPSA) is 67.9 Å². The lowest BCUT2D eigenvalue weighted by Gasteiger charge is -2.14. The largest absolute Gasteiger partial charge is 0.490 e. The number of hydrogen-bond donors (Lipinski definition) is 1. The molecule has 4 rings (SSSR count). The van der Waals surface area contributed by atoms with Crippen molar-refractivity contribution in [1.29, 1.82) is 0 Å². The Bertz CT molecular complexity index is 1230. The predicted molar refractivity (Wildman–Crippen MR) is 128 cm³/mol. The van der Waals surface area contributed by atoms with Crippen LogP contribution in [0.1, 0.15) is 18.1 Å². The highest BCUT2D eigenvalue weighted by Crippen LogP contribution is 2.32. The maximum Gasteiger partial charge on any atom is 0.282 e. The van der Waals surface area contributed by atoms with Gasteiger partial charge >= 0.3 is 0 Å². The summed E-state index contributed by atoms with van der Waals surface area (Å²) in [4.78, 5) is 25.3. The first-order valence-electron chi connectivity index (χ1n) is 10.2. The van der Waals surface area contributed by atoms with Gasteiger partial charge in [-0.3, -0.25) is 15.0 Å². The summed E-state index contributed by atoms with van der Waals surface area (Å²) in [5.41, 5.74) is 4.61. The molecule has 1 heterocycles. The Morgan fingerprint density at radius 2 is 1.73 bits per heavy atom. The fourth-order valence-corrected chi connectivity index (χ4v) is 3.74. The van der Waals surface area contributed by atoms with Crippen LogP contribution in [0.25, 0.3) is 6.08 Å². The van der Waals surface area contributed by atoms with Crippen LogP contribution in [0.4, 0.5) is 5.69 Å². The Hall–Kier alpha value is -3.48. The maximum absolute atomic E-state index is 12.8. The molecule has 0 aliphatic carbocycles. The minimum Gasteiger partial charge on any atom is -0.490 e. The quantitative estimate of drug-likeness (QED) is 0.360. The Labute approximate surface area is 201 Å². The van der Waals surface area contributed by atoms with Gasteiger partial charge in [-0.1, -0.05) is 53.5 Å². The molecule has 33 heavy (non-hydrogen) atoms. The van der Waals surface area contributed by atoms with Gasteiger partial charge in [-0.15, -0.1) is 0 Å². The number of hydrazine groups is 1. The van der Waals surface area contributed by atoms with Crippen LogP contribution >= 0.6 is 23.2 Å². The number of hydrogen-bond acceptors (Lipinski definition) is 4. The van der Waals surface area contributed by atoms with Crippen LogP contribution in [0.3, 0.4) is 0 Å². The molecule has 0 atom stereocenters. The van der Waals surface area contributed by atoms with E-state index >= 15 is 0 Å². The zero-order valence-electron chi connectivity index (χ0n) is 17.7. The first-order valence-corrected chi connectivity index (χ1v) is 11.0. The molecule has 3 aromatic carbocycles. The highest BCUT2D eigenvalue weighted by Gasteiger charge is 2.34. The summed E-state index contributed by atoms with van der Waals surface area (Å²) in [5.74, 6) is 0.0993. The van der Waals surface area contributed by atoms with E-state index in [1.165, 1.54) is 11.1 Å². The van der Waals surface area contributed by atoms with E-state index in [-0.39, 0.29) is 12.2 Å². The Kier molecular flexibility index (Phi) is 6.87. The summed E-state index contributed by atoms with van der Waals surface area (Å²) in [6, 6.07) is 19.3. The van der Waals surface area contributed by atoms with Crippen LogP contribution in [0.2, 0.25) is 10.0 Å². The van der Waals surface area contributed by atoms with Gasteiger partial charge in [0.2, 0.25) is 0 Å². The minimum absolute atomic E-state index is 0.0305. The average molecular weight is 483 g/mol. The SMILES string of the molecule is CCOc1cc(/C=C2/C(=O)NN(c3ccccc3)C2=O)ccc1OCc1ccc(Cl)cc1Cl. The van der Waals surface area contributed by atoms with Gasteiger partial charge in [-0.05, 0) is 55.0 Å². The third kappa shape index (κ3) is 5.13. The van der Waals surface area contributed by atoms with Crippen LogP contribution in [-0.4, -0.2) is 18.4 Å². The van der Waals surface area contributed by atoms with Crippen LogP contribution in [0.15, 0.2) is 72.3 Å². The summed E-state index contributed by atoms with van der Waals surface area (Å²) in [7, 11) is 0. The van der Waals surface area contributed by atoms with E-state index < -0.39 is 11.8 Å². The van der Waals surface area contributed by atoms with Crippen LogP contribution < -0.4 is 19.9 Å². The third-order valence-electron chi connectivity index (χ3n) is 4.88. The molecule has 0 aromatic heterocycles. The summed E-state index contributed by atoms with van der Waals surface area (Å²) in [5, 5.41) is 2.29. The molecule has 0 radical (unpaired) electrons. The third-order valence-corrected chi connectivity index (χ3v) is 5.47. The normalized spacial score (nSPS) is 14.5. The molecule has 2 amide bonds. The zero-order valence-corrected chi connectivity index (χ0v) is 19.2. The van der Waals surface area contributed by atoms with E-state index in [2.05, 4.69) is 5.43 Å². The molecule has 0 spiro atoms. The lowest BCUT2D eigenvalue weighted by molar-refractivity contribution is -0.117. The second-order valence-corrected chi connectivity index (χ2v) is 7.98. The van der Waals surface area contributed by atoms with E-state index in [9.17, 15) is 9.59 Å². The summed E-state index contributed by atoms with van der Waals surface area (Å²) in [6.45, 7) is 2.50. The maximum atomic E-state index is 12.8. The number of nitrogens with one attached hydrogen (secondary N) is 1. The molecule has 168 valence electrons. The second kappa shape index (κ2) is 9.98. The highest BCUT2D eigenvalue weighted by atomic mass is 35.5. The molecular formula is C25H20Cl2N2O4. The number of nitrogens with zero attached hydrogens (tertiary/aromatic N) is 1. The number of amides is 2. The standard InChI is InChI=1S/C25H20Cl2N2O4/c1-2-32-23-13-16(8-11-22(23)33-15-17-9-10-18(26)14-21(17)27)12-20-24(30)28-29(25(20)31)19-6-4-3-5-7-19/h3-14H,2,15H2,1H3,(H,28,30)/b20-12-. The lowest BCUT2D eigenvalue weighted by atomic mass is 10.1. The average Bonchev–Trinajstić information content (AvgIpc) is 3.08. The molecule has 3 aromatic rings. The van der Waals surface area contributed by atoms with E-state index in [4.69, 9.17) is 32.7 Å². The number of para-hydroxylation sites is 1. The molecule has 1 aliphatic rings. The van der Waals surface area contributed by atoms with Gasteiger partial charge < -0.3 is 9.47 Å². The summed E-state index contributed by atoms with van der Waals surface area (Å²) < 4.78 is 11.6. The number of benzene rings is 3. The smallest absolute Gasteiger partial charge is 0.282 e. The van der Waals surface area contributed by atoms with E-state index in [1.54, 1.807) is 60.7 Å². The molecule has 0 saturated carbocycles. The van der Waals surface area contributed by atoms with Gasteiger partial charge in [0.25, 0.3) is 11.8 Å². The van der Waals surface area contributed by atoms with Crippen molar-refractivity contribution < 1.29 is 19.1 Å². The minimum atomic E-state index is -0.473. The number of carbonyl (C=O) groups is 2. The van der Waals surface area contributed by atoms with Crippen molar-refractivity contribution in [3.63, 3.8) is 0 Å². The molecule has 0 unspecified atom stereocenters. The summed E-state index contributed by atoms with van der Waals surface area (Å²) in [6.07, 6.45) is 1.53. The molecule has 1 aliphatic heterocycles. The molecule has 1 fully saturated rings. The monoisotopic (exact) mass is 482 g/mol.